The zero-order chi connectivity index (χ0) is 13.9. The number of hydrogen-bond acceptors (Lipinski definition) is 3. The molecule has 1 aromatic heterocycles. The van der Waals surface area contributed by atoms with Crippen LogP contribution in [0.4, 0.5) is 0 Å². The number of ether oxygens (including phenoxy) is 1. The molecule has 0 spiro atoms. The zero-order valence-corrected chi connectivity index (χ0v) is 11.6. The Labute approximate surface area is 119 Å². The maximum absolute atomic E-state index is 10.2. The van der Waals surface area contributed by atoms with Crippen LogP contribution in [0.5, 0.6) is 0 Å². The smallest absolute Gasteiger partial charge is 0.0720 e. The summed E-state index contributed by atoms with van der Waals surface area (Å²) in [4.78, 5) is 0. The van der Waals surface area contributed by atoms with Crippen LogP contribution in [-0.2, 0) is 18.4 Å². The Balaban J connectivity index is 1.60. The molecule has 4 nitrogen and oxygen atoms in total. The molecule has 1 aliphatic carbocycles. The van der Waals surface area contributed by atoms with Crippen molar-refractivity contribution < 1.29 is 9.84 Å². The van der Waals surface area contributed by atoms with Gasteiger partial charge in [0.2, 0.25) is 0 Å². The Kier molecular flexibility index (Phi) is 3.85. The number of nitrogens with zero attached hydrogens (tertiary/aromatic N) is 2. The van der Waals surface area contributed by atoms with E-state index < -0.39 is 0 Å². The summed E-state index contributed by atoms with van der Waals surface area (Å²) in [5.41, 5.74) is 2.26. The maximum Gasteiger partial charge on any atom is 0.0720 e. The first-order valence-electron chi connectivity index (χ1n) is 7.05. The molecule has 0 unspecified atom stereocenters. The lowest BCUT2D eigenvalue weighted by molar-refractivity contribution is 0.0357. The van der Waals surface area contributed by atoms with Crippen molar-refractivity contribution >= 4 is 0 Å². The van der Waals surface area contributed by atoms with Crippen molar-refractivity contribution in [3.8, 4) is 0 Å². The Morgan fingerprint density at radius 3 is 2.75 bits per heavy atom. The van der Waals surface area contributed by atoms with Crippen molar-refractivity contribution in [2.45, 2.75) is 37.6 Å². The highest BCUT2D eigenvalue weighted by Gasteiger charge is 2.36. The number of aromatic nitrogens is 2. The third kappa shape index (κ3) is 2.76. The van der Waals surface area contributed by atoms with Crippen LogP contribution in [0, 0.1) is 0 Å². The fraction of sp³-hybridized carbons (Fsp3) is 0.438. The fourth-order valence-corrected chi connectivity index (χ4v) is 2.96. The van der Waals surface area contributed by atoms with E-state index in [1.54, 1.807) is 6.20 Å². The summed E-state index contributed by atoms with van der Waals surface area (Å²) in [5.74, 6) is 0.128. The summed E-state index contributed by atoms with van der Waals surface area (Å²) in [7, 11) is 1.92. The highest BCUT2D eigenvalue weighted by atomic mass is 16.5. The van der Waals surface area contributed by atoms with Gasteiger partial charge in [-0.2, -0.15) is 5.10 Å². The van der Waals surface area contributed by atoms with Crippen LogP contribution in [0.1, 0.15) is 30.0 Å². The third-order valence-corrected chi connectivity index (χ3v) is 4.05. The number of benzene rings is 1. The molecule has 106 valence electrons. The molecular weight excluding hydrogens is 252 g/mol. The minimum absolute atomic E-state index is 0.116. The second kappa shape index (κ2) is 5.77. The van der Waals surface area contributed by atoms with Crippen molar-refractivity contribution in [2.24, 2.45) is 7.05 Å². The van der Waals surface area contributed by atoms with Gasteiger partial charge in [-0.25, -0.2) is 0 Å². The molecule has 0 radical (unpaired) electrons. The molecule has 1 fully saturated rings. The Bertz CT molecular complexity index is 553. The minimum atomic E-state index is -0.342. The van der Waals surface area contributed by atoms with E-state index in [2.05, 4.69) is 17.2 Å². The first-order chi connectivity index (χ1) is 9.74. The van der Waals surface area contributed by atoms with Crippen LogP contribution in [0.2, 0.25) is 0 Å². The molecule has 1 aliphatic rings. The van der Waals surface area contributed by atoms with Gasteiger partial charge >= 0.3 is 0 Å². The van der Waals surface area contributed by atoms with Crippen molar-refractivity contribution in [3.05, 3.63) is 53.9 Å². The van der Waals surface area contributed by atoms with Gasteiger partial charge < -0.3 is 9.84 Å². The van der Waals surface area contributed by atoms with Gasteiger partial charge in [-0.05, 0) is 18.1 Å². The molecule has 1 heterocycles. The minimum Gasteiger partial charge on any atom is -0.392 e. The normalized spacial score (nSPS) is 26.0. The van der Waals surface area contributed by atoms with Gasteiger partial charge in [-0.15, -0.1) is 0 Å². The zero-order valence-electron chi connectivity index (χ0n) is 11.6. The molecule has 0 aliphatic heterocycles. The Hall–Kier alpha value is -1.65. The van der Waals surface area contributed by atoms with Gasteiger partial charge in [-0.1, -0.05) is 30.3 Å². The van der Waals surface area contributed by atoms with Crippen LogP contribution in [-0.4, -0.2) is 27.1 Å². The van der Waals surface area contributed by atoms with Gasteiger partial charge in [0, 0.05) is 31.3 Å². The Morgan fingerprint density at radius 1 is 1.25 bits per heavy atom. The molecule has 0 saturated heterocycles. The number of aryl methyl sites for hydroxylation is 1. The van der Waals surface area contributed by atoms with E-state index >= 15 is 0 Å². The molecular formula is C16H20N2O2. The van der Waals surface area contributed by atoms with Crippen LogP contribution >= 0.6 is 0 Å². The molecule has 4 heteroatoms. The second-order valence-electron chi connectivity index (χ2n) is 5.44. The van der Waals surface area contributed by atoms with Crippen molar-refractivity contribution in [3.63, 3.8) is 0 Å². The maximum atomic E-state index is 10.2. The summed E-state index contributed by atoms with van der Waals surface area (Å²) in [5, 5.41) is 14.4. The largest absolute Gasteiger partial charge is 0.392 e. The average Bonchev–Trinajstić information content (AvgIpc) is 3.03. The molecule has 20 heavy (non-hydrogen) atoms. The van der Waals surface area contributed by atoms with Crippen LogP contribution in [0.3, 0.4) is 0 Å². The fourth-order valence-electron chi connectivity index (χ4n) is 2.96. The highest BCUT2D eigenvalue weighted by Crippen LogP contribution is 2.36. The molecule has 0 amide bonds. The lowest BCUT2D eigenvalue weighted by Crippen LogP contribution is -2.14. The van der Waals surface area contributed by atoms with E-state index in [9.17, 15) is 5.11 Å². The summed E-state index contributed by atoms with van der Waals surface area (Å²) in [6.45, 7) is 0.607. The predicted octanol–water partition coefficient (Wildman–Crippen LogP) is 2.24. The highest BCUT2D eigenvalue weighted by molar-refractivity contribution is 5.15. The molecule has 3 atom stereocenters. The molecule has 1 saturated carbocycles. The third-order valence-electron chi connectivity index (χ3n) is 4.05. The summed E-state index contributed by atoms with van der Waals surface area (Å²) in [6, 6.07) is 12.1. The van der Waals surface area contributed by atoms with E-state index in [1.165, 1.54) is 5.56 Å². The van der Waals surface area contributed by atoms with Crippen molar-refractivity contribution in [1.29, 1.82) is 0 Å². The van der Waals surface area contributed by atoms with E-state index in [-0.39, 0.29) is 18.1 Å². The van der Waals surface area contributed by atoms with E-state index in [4.69, 9.17) is 4.74 Å². The van der Waals surface area contributed by atoms with Gasteiger partial charge in [0.05, 0.1) is 18.8 Å². The average molecular weight is 272 g/mol. The van der Waals surface area contributed by atoms with E-state index in [0.717, 1.165) is 12.1 Å². The van der Waals surface area contributed by atoms with Gasteiger partial charge in [0.25, 0.3) is 0 Å². The predicted molar refractivity (Wildman–Crippen MR) is 76.2 cm³/mol. The van der Waals surface area contributed by atoms with Crippen molar-refractivity contribution in [1.82, 2.24) is 9.78 Å². The van der Waals surface area contributed by atoms with Gasteiger partial charge in [-0.3, -0.25) is 4.68 Å². The first-order valence-corrected chi connectivity index (χ1v) is 7.05. The number of aliphatic hydroxyl groups is 1. The monoisotopic (exact) mass is 272 g/mol. The summed E-state index contributed by atoms with van der Waals surface area (Å²) in [6.07, 6.45) is 3.10. The Morgan fingerprint density at radius 2 is 2.05 bits per heavy atom. The number of rotatable bonds is 4. The first kappa shape index (κ1) is 13.3. The topological polar surface area (TPSA) is 47.3 Å². The summed E-state index contributed by atoms with van der Waals surface area (Å²) >= 11 is 0. The lowest BCUT2D eigenvalue weighted by atomic mass is 10.0. The molecule has 1 aromatic carbocycles. The number of aliphatic hydroxyl groups excluding tert-OH is 1. The lowest BCUT2D eigenvalue weighted by Gasteiger charge is -2.14. The standard InChI is InChI=1S/C16H20N2O2/c1-18-15(7-8-17-18)14-9-13(10-16(14)19)20-11-12-5-3-2-4-6-12/h2-8,13-14,16,19H,9-11H2,1H3/t13-,14-,16+/m1/s1. The van der Waals surface area contributed by atoms with Crippen LogP contribution in [0.15, 0.2) is 42.6 Å². The van der Waals surface area contributed by atoms with Gasteiger partial charge in [0.1, 0.15) is 0 Å². The SMILES string of the molecule is Cn1nccc1[C@H]1C[C@@H](OCc2ccccc2)C[C@@H]1O. The summed E-state index contributed by atoms with van der Waals surface area (Å²) < 4.78 is 7.78. The molecule has 3 rings (SSSR count). The number of hydrogen-bond donors (Lipinski definition) is 1. The van der Waals surface area contributed by atoms with E-state index in [1.807, 2.05) is 36.0 Å². The van der Waals surface area contributed by atoms with Crippen LogP contribution < -0.4 is 0 Å². The molecule has 0 bridgehead atoms. The quantitative estimate of drug-likeness (QED) is 0.928. The molecule has 1 N–H and O–H groups in total. The second-order valence-corrected chi connectivity index (χ2v) is 5.44. The van der Waals surface area contributed by atoms with Crippen molar-refractivity contribution in [2.75, 3.05) is 0 Å². The van der Waals surface area contributed by atoms with E-state index in [0.29, 0.717) is 13.0 Å². The van der Waals surface area contributed by atoms with Crippen LogP contribution in [0.25, 0.3) is 0 Å². The molecule has 2 aromatic rings. The van der Waals surface area contributed by atoms with Gasteiger partial charge in [0.15, 0.2) is 0 Å².